The normalized spacial score (nSPS) is 12.1. The molecular weight excluding hydrogens is 326 g/mol. The lowest BCUT2D eigenvalue weighted by molar-refractivity contribution is -0.116. The van der Waals surface area contributed by atoms with Crippen molar-refractivity contribution in [3.63, 3.8) is 0 Å². The van der Waals surface area contributed by atoms with E-state index in [9.17, 15) is 4.79 Å². The van der Waals surface area contributed by atoms with Crippen LogP contribution in [0.1, 0.15) is 49.3 Å². The number of hydrazine groups is 1. The standard InChI is InChI=1S/C17H27N3OS2/c1-4-5-6-7-13(2)12-18-17(22)20-19-16(21)11-10-15-9-8-14(3)23-15/h8-11,13H,4-7,12H2,1-3H3,(H,19,21)(H2,18,20,22)/b11-10+/t13-/m1/s1. The first-order valence-corrected chi connectivity index (χ1v) is 9.32. The number of hydrogen-bond donors (Lipinski definition) is 3. The molecule has 0 unspecified atom stereocenters. The van der Waals surface area contributed by atoms with E-state index in [1.165, 1.54) is 36.6 Å². The molecule has 1 heterocycles. The van der Waals surface area contributed by atoms with Crippen molar-refractivity contribution in [2.24, 2.45) is 5.92 Å². The summed E-state index contributed by atoms with van der Waals surface area (Å²) in [6, 6.07) is 4.02. The van der Waals surface area contributed by atoms with E-state index >= 15 is 0 Å². The summed E-state index contributed by atoms with van der Waals surface area (Å²) in [5, 5.41) is 3.57. The second-order valence-corrected chi connectivity index (χ2v) is 7.43. The van der Waals surface area contributed by atoms with Gasteiger partial charge < -0.3 is 5.32 Å². The van der Waals surface area contributed by atoms with E-state index < -0.39 is 0 Å². The molecule has 0 saturated carbocycles. The number of rotatable bonds is 8. The molecule has 128 valence electrons. The number of nitrogens with one attached hydrogen (secondary N) is 3. The van der Waals surface area contributed by atoms with Crippen LogP contribution in [0.25, 0.3) is 6.08 Å². The van der Waals surface area contributed by atoms with Gasteiger partial charge in [0.05, 0.1) is 0 Å². The van der Waals surface area contributed by atoms with E-state index in [0.29, 0.717) is 11.0 Å². The molecule has 1 aromatic rings. The predicted molar refractivity (Wildman–Crippen MR) is 103 cm³/mol. The Bertz CT molecular complexity index is 526. The number of carbonyl (C=O) groups excluding carboxylic acids is 1. The van der Waals surface area contributed by atoms with Gasteiger partial charge in [0.25, 0.3) is 5.91 Å². The van der Waals surface area contributed by atoms with E-state index in [1.807, 2.05) is 19.1 Å². The summed E-state index contributed by atoms with van der Waals surface area (Å²) in [7, 11) is 0. The molecule has 0 aromatic carbocycles. The highest BCUT2D eigenvalue weighted by atomic mass is 32.1. The monoisotopic (exact) mass is 353 g/mol. The lowest BCUT2D eigenvalue weighted by Gasteiger charge is -2.15. The number of thiocarbonyl (C=S) groups is 1. The number of thiophene rings is 1. The molecule has 23 heavy (non-hydrogen) atoms. The number of carbonyl (C=O) groups is 1. The van der Waals surface area contributed by atoms with Crippen LogP contribution < -0.4 is 16.2 Å². The fraction of sp³-hybridized carbons (Fsp3) is 0.529. The van der Waals surface area contributed by atoms with Crippen molar-refractivity contribution >= 4 is 40.7 Å². The van der Waals surface area contributed by atoms with Crippen LogP contribution in [0, 0.1) is 12.8 Å². The fourth-order valence-corrected chi connectivity index (χ4v) is 2.93. The Morgan fingerprint density at radius 2 is 2.13 bits per heavy atom. The predicted octanol–water partition coefficient (Wildman–Crippen LogP) is 3.78. The van der Waals surface area contributed by atoms with Crippen molar-refractivity contribution in [1.82, 2.24) is 16.2 Å². The third-order valence-electron chi connectivity index (χ3n) is 3.37. The lowest BCUT2D eigenvalue weighted by Crippen LogP contribution is -2.47. The van der Waals surface area contributed by atoms with Gasteiger partial charge in [-0.1, -0.05) is 33.1 Å². The van der Waals surface area contributed by atoms with E-state index in [2.05, 4.69) is 30.0 Å². The van der Waals surface area contributed by atoms with Gasteiger partial charge in [0.1, 0.15) is 0 Å². The second-order valence-electron chi connectivity index (χ2n) is 5.71. The molecule has 3 N–H and O–H groups in total. The third kappa shape index (κ3) is 9.36. The maximum Gasteiger partial charge on any atom is 0.262 e. The van der Waals surface area contributed by atoms with Crippen LogP contribution >= 0.6 is 23.6 Å². The Morgan fingerprint density at radius 1 is 1.35 bits per heavy atom. The average Bonchev–Trinajstić information content (AvgIpc) is 2.94. The Balaban J connectivity index is 2.17. The summed E-state index contributed by atoms with van der Waals surface area (Å²) in [4.78, 5) is 14.0. The van der Waals surface area contributed by atoms with Gasteiger partial charge in [-0.2, -0.15) is 0 Å². The minimum absolute atomic E-state index is 0.226. The third-order valence-corrected chi connectivity index (χ3v) is 4.58. The highest BCUT2D eigenvalue weighted by Gasteiger charge is 2.03. The van der Waals surface area contributed by atoms with Gasteiger partial charge in [-0.25, -0.2) is 0 Å². The zero-order valence-electron chi connectivity index (χ0n) is 14.1. The molecule has 1 atom stereocenters. The van der Waals surface area contributed by atoms with Crippen LogP contribution in [0.5, 0.6) is 0 Å². The molecule has 0 spiro atoms. The number of aryl methyl sites for hydroxylation is 1. The SMILES string of the molecule is CCCCC[C@@H](C)CNC(=S)NNC(=O)/C=C/c1ccc(C)s1. The zero-order chi connectivity index (χ0) is 17.1. The molecule has 0 bridgehead atoms. The van der Waals surface area contributed by atoms with Crippen molar-refractivity contribution in [3.05, 3.63) is 28.0 Å². The van der Waals surface area contributed by atoms with Gasteiger partial charge in [-0.15, -0.1) is 11.3 Å². The highest BCUT2D eigenvalue weighted by Crippen LogP contribution is 2.16. The first-order chi connectivity index (χ1) is 11.0. The highest BCUT2D eigenvalue weighted by molar-refractivity contribution is 7.80. The quantitative estimate of drug-likeness (QED) is 0.288. The van der Waals surface area contributed by atoms with Crippen LogP contribution in [-0.4, -0.2) is 17.6 Å². The Morgan fingerprint density at radius 3 is 2.78 bits per heavy atom. The first kappa shape index (κ1) is 19.6. The zero-order valence-corrected chi connectivity index (χ0v) is 15.8. The van der Waals surface area contributed by atoms with Gasteiger partial charge >= 0.3 is 0 Å². The van der Waals surface area contributed by atoms with Gasteiger partial charge in [0, 0.05) is 22.4 Å². The molecule has 0 aliphatic rings. The molecule has 6 heteroatoms. The summed E-state index contributed by atoms with van der Waals surface area (Å²) in [5.41, 5.74) is 5.28. The topological polar surface area (TPSA) is 53.2 Å². The average molecular weight is 354 g/mol. The molecule has 0 radical (unpaired) electrons. The van der Waals surface area contributed by atoms with Crippen LogP contribution in [0.2, 0.25) is 0 Å². The van der Waals surface area contributed by atoms with Crippen molar-refractivity contribution < 1.29 is 4.79 Å². The van der Waals surface area contributed by atoms with Crippen molar-refractivity contribution in [2.45, 2.75) is 46.5 Å². The molecule has 0 fully saturated rings. The van der Waals surface area contributed by atoms with Gasteiger partial charge in [-0.3, -0.25) is 15.6 Å². The van der Waals surface area contributed by atoms with Gasteiger partial charge in [0.15, 0.2) is 5.11 Å². The lowest BCUT2D eigenvalue weighted by atomic mass is 10.0. The minimum Gasteiger partial charge on any atom is -0.361 e. The van der Waals surface area contributed by atoms with Gasteiger partial charge in [-0.05, 0) is 49.7 Å². The Kier molecular flexibility index (Phi) is 9.55. The smallest absolute Gasteiger partial charge is 0.262 e. The van der Waals surface area contributed by atoms with E-state index in [0.717, 1.165) is 11.4 Å². The van der Waals surface area contributed by atoms with E-state index in [4.69, 9.17) is 12.2 Å². The number of amides is 1. The summed E-state index contributed by atoms with van der Waals surface area (Å²) in [5.74, 6) is 0.343. The van der Waals surface area contributed by atoms with Crippen LogP contribution in [-0.2, 0) is 4.79 Å². The van der Waals surface area contributed by atoms with E-state index in [-0.39, 0.29) is 5.91 Å². The van der Waals surface area contributed by atoms with Crippen LogP contribution in [0.4, 0.5) is 0 Å². The summed E-state index contributed by atoms with van der Waals surface area (Å²) >= 11 is 6.80. The largest absolute Gasteiger partial charge is 0.361 e. The van der Waals surface area contributed by atoms with Gasteiger partial charge in [0.2, 0.25) is 0 Å². The maximum atomic E-state index is 11.7. The summed E-state index contributed by atoms with van der Waals surface area (Å²) in [6.07, 6.45) is 8.25. The first-order valence-electron chi connectivity index (χ1n) is 8.09. The molecule has 0 aliphatic heterocycles. The Labute approximate surface area is 148 Å². The molecule has 1 amide bonds. The summed E-state index contributed by atoms with van der Waals surface area (Å²) in [6.45, 7) is 7.26. The van der Waals surface area contributed by atoms with Crippen LogP contribution in [0.15, 0.2) is 18.2 Å². The maximum absolute atomic E-state index is 11.7. The minimum atomic E-state index is -0.226. The van der Waals surface area contributed by atoms with Crippen molar-refractivity contribution in [3.8, 4) is 0 Å². The number of unbranched alkanes of at least 4 members (excludes halogenated alkanes) is 2. The second kappa shape index (κ2) is 11.2. The molecule has 0 aliphatic carbocycles. The molecule has 1 aromatic heterocycles. The fourth-order valence-electron chi connectivity index (χ4n) is 2.02. The molecule has 4 nitrogen and oxygen atoms in total. The molecule has 0 saturated heterocycles. The van der Waals surface area contributed by atoms with Crippen molar-refractivity contribution in [1.29, 1.82) is 0 Å². The van der Waals surface area contributed by atoms with E-state index in [1.54, 1.807) is 17.4 Å². The van der Waals surface area contributed by atoms with Crippen LogP contribution in [0.3, 0.4) is 0 Å². The Hall–Kier alpha value is -1.40. The molecule has 1 rings (SSSR count). The molecular formula is C17H27N3OS2. The summed E-state index contributed by atoms with van der Waals surface area (Å²) < 4.78 is 0. The number of hydrogen-bond acceptors (Lipinski definition) is 3. The van der Waals surface area contributed by atoms with Crippen molar-refractivity contribution in [2.75, 3.05) is 6.54 Å².